The molecule has 0 saturated heterocycles. The number of ketones is 1. The smallest absolute Gasteiger partial charge is 0.251 e. The molecular weight excluding hydrogens is 417 g/mol. The number of allylic oxidation sites excluding steroid dienone is 3. The zero-order valence-corrected chi connectivity index (χ0v) is 17.1. The minimum Gasteiger partial charge on any atom is -0.493 e. The molecule has 0 fully saturated rings. The van der Waals surface area contributed by atoms with Gasteiger partial charge in [0.25, 0.3) is 5.95 Å². The lowest BCUT2D eigenvalue weighted by Gasteiger charge is -2.22. The van der Waals surface area contributed by atoms with Crippen molar-refractivity contribution in [1.82, 2.24) is 15.3 Å². The first kappa shape index (κ1) is 21.3. The number of ether oxygens (including phenoxy) is 1. The number of carbonyl (C=O) groups is 2. The van der Waals surface area contributed by atoms with E-state index in [1.165, 1.54) is 13.1 Å². The summed E-state index contributed by atoms with van der Waals surface area (Å²) in [4.78, 5) is 36.2. The third kappa shape index (κ3) is 4.54. The van der Waals surface area contributed by atoms with Gasteiger partial charge in [0.05, 0.1) is 24.6 Å². The third-order valence-corrected chi connectivity index (χ3v) is 4.91. The second-order valence-corrected chi connectivity index (χ2v) is 7.11. The Kier molecular flexibility index (Phi) is 6.04. The SMILES string of the molecule is CNC(=O)C=C1C=CCC(=Nc2ncc(F)c(Nc3ccc4c(c3)C(O)CCO4)n2)C1=O. The third-order valence-electron chi connectivity index (χ3n) is 4.91. The van der Waals surface area contributed by atoms with Crippen LogP contribution in [0.3, 0.4) is 0 Å². The molecule has 3 N–H and O–H groups in total. The summed E-state index contributed by atoms with van der Waals surface area (Å²) < 4.78 is 19.8. The average molecular weight is 437 g/mol. The van der Waals surface area contributed by atoms with E-state index in [9.17, 15) is 19.1 Å². The van der Waals surface area contributed by atoms with Gasteiger partial charge in [0, 0.05) is 42.8 Å². The summed E-state index contributed by atoms with van der Waals surface area (Å²) in [6.07, 6.45) is 5.41. The topological polar surface area (TPSA) is 126 Å². The van der Waals surface area contributed by atoms with Crippen LogP contribution >= 0.6 is 0 Å². The van der Waals surface area contributed by atoms with Crippen molar-refractivity contribution in [2.45, 2.75) is 18.9 Å². The summed E-state index contributed by atoms with van der Waals surface area (Å²) in [5.41, 5.74) is 1.42. The minimum atomic E-state index is -0.710. The normalized spacial score (nSPS) is 20.1. The maximum Gasteiger partial charge on any atom is 0.251 e. The van der Waals surface area contributed by atoms with Crippen LogP contribution in [0.4, 0.5) is 21.8 Å². The number of halogens is 1. The number of benzene rings is 1. The summed E-state index contributed by atoms with van der Waals surface area (Å²) in [7, 11) is 1.46. The van der Waals surface area contributed by atoms with Crippen molar-refractivity contribution in [2.75, 3.05) is 19.0 Å². The van der Waals surface area contributed by atoms with E-state index in [2.05, 4.69) is 25.6 Å². The first-order valence-corrected chi connectivity index (χ1v) is 9.91. The van der Waals surface area contributed by atoms with Crippen molar-refractivity contribution in [3.8, 4) is 5.75 Å². The van der Waals surface area contributed by atoms with Crippen LogP contribution in [0.5, 0.6) is 5.75 Å². The van der Waals surface area contributed by atoms with Crippen molar-refractivity contribution >= 4 is 34.9 Å². The number of likely N-dealkylation sites (N-methyl/N-ethyl adjacent to an activating group) is 1. The van der Waals surface area contributed by atoms with E-state index in [1.807, 2.05) is 0 Å². The highest BCUT2D eigenvalue weighted by molar-refractivity contribution is 6.48. The van der Waals surface area contributed by atoms with Crippen LogP contribution < -0.4 is 15.4 Å². The fourth-order valence-electron chi connectivity index (χ4n) is 3.27. The standard InChI is InChI=1S/C22H20FN5O4/c1-24-19(30)9-12-3-2-4-16(20(12)31)27-22-25-11-15(23)21(28-22)26-13-5-6-18-14(10-13)17(29)7-8-32-18/h2-3,5-6,9-11,17,29H,4,7-8H2,1H3,(H,24,30)(H,25,26,28). The maximum atomic E-state index is 14.3. The zero-order valence-electron chi connectivity index (χ0n) is 17.1. The lowest BCUT2D eigenvalue weighted by molar-refractivity contribution is -0.116. The predicted octanol–water partition coefficient (Wildman–Crippen LogP) is 2.45. The van der Waals surface area contributed by atoms with Crippen molar-refractivity contribution in [2.24, 2.45) is 4.99 Å². The monoisotopic (exact) mass is 437 g/mol. The number of anilines is 2. The summed E-state index contributed by atoms with van der Waals surface area (Å²) in [5.74, 6) is -1.21. The minimum absolute atomic E-state index is 0.104. The first-order valence-electron chi connectivity index (χ1n) is 9.91. The molecule has 1 unspecified atom stereocenters. The van der Waals surface area contributed by atoms with Gasteiger partial charge in [0.1, 0.15) is 5.75 Å². The fraction of sp³-hybridized carbons (Fsp3) is 0.227. The number of aromatic nitrogens is 2. The molecule has 1 aromatic heterocycles. The molecule has 164 valence electrons. The Bertz CT molecular complexity index is 1170. The number of Topliss-reactive ketones (excluding diaryl/α,β-unsaturated/α-hetero) is 1. The number of nitrogens with one attached hydrogen (secondary N) is 2. The number of amides is 1. The van der Waals surface area contributed by atoms with Crippen molar-refractivity contribution < 1.29 is 23.8 Å². The van der Waals surface area contributed by atoms with Crippen LogP contribution in [-0.2, 0) is 9.59 Å². The Morgan fingerprint density at radius 1 is 1.41 bits per heavy atom. The molecule has 1 aromatic carbocycles. The quantitative estimate of drug-likeness (QED) is 0.627. The Labute approximate surface area is 182 Å². The molecule has 10 heteroatoms. The molecule has 2 aliphatic rings. The molecule has 0 bridgehead atoms. The Morgan fingerprint density at radius 2 is 2.25 bits per heavy atom. The van der Waals surface area contributed by atoms with Gasteiger partial charge in [-0.15, -0.1) is 0 Å². The van der Waals surface area contributed by atoms with Gasteiger partial charge in [0.15, 0.2) is 11.6 Å². The van der Waals surface area contributed by atoms with Gasteiger partial charge in [-0.1, -0.05) is 12.2 Å². The number of aliphatic hydroxyl groups excluding tert-OH is 1. The van der Waals surface area contributed by atoms with Crippen molar-refractivity contribution in [3.63, 3.8) is 0 Å². The molecule has 2 aromatic rings. The Balaban J connectivity index is 1.59. The highest BCUT2D eigenvalue weighted by Crippen LogP contribution is 2.34. The van der Waals surface area contributed by atoms with E-state index >= 15 is 0 Å². The van der Waals surface area contributed by atoms with Crippen LogP contribution in [0.15, 0.2) is 53.2 Å². The number of aliphatic imine (C=N–C) groups is 1. The fourth-order valence-corrected chi connectivity index (χ4v) is 3.27. The number of hydrogen-bond donors (Lipinski definition) is 3. The van der Waals surface area contributed by atoms with Crippen molar-refractivity contribution in [1.29, 1.82) is 0 Å². The predicted molar refractivity (Wildman–Crippen MR) is 115 cm³/mol. The summed E-state index contributed by atoms with van der Waals surface area (Å²) in [6, 6.07) is 5.03. The number of nitrogens with zero attached hydrogens (tertiary/aromatic N) is 3. The van der Waals surface area contributed by atoms with Crippen LogP contribution in [0.25, 0.3) is 0 Å². The van der Waals surface area contributed by atoms with Crippen LogP contribution in [0.2, 0.25) is 0 Å². The number of fused-ring (bicyclic) bond motifs is 1. The Morgan fingerprint density at radius 3 is 3.06 bits per heavy atom. The summed E-state index contributed by atoms with van der Waals surface area (Å²) in [6.45, 7) is 0.430. The number of carbonyl (C=O) groups excluding carboxylic acids is 2. The van der Waals surface area contributed by atoms with Gasteiger partial charge in [0.2, 0.25) is 11.7 Å². The molecule has 1 amide bonds. The lowest BCUT2D eigenvalue weighted by Crippen LogP contribution is -2.22. The second-order valence-electron chi connectivity index (χ2n) is 7.11. The van der Waals surface area contributed by atoms with Crippen LogP contribution in [0, 0.1) is 5.82 Å². The number of hydrogen-bond acceptors (Lipinski definition) is 8. The molecule has 9 nitrogen and oxygen atoms in total. The van der Waals surface area contributed by atoms with Gasteiger partial charge >= 0.3 is 0 Å². The largest absolute Gasteiger partial charge is 0.493 e. The van der Waals surface area contributed by atoms with Gasteiger partial charge in [-0.05, 0) is 18.2 Å². The van der Waals surface area contributed by atoms with E-state index < -0.39 is 23.6 Å². The van der Waals surface area contributed by atoms with Gasteiger partial charge in [-0.3, -0.25) is 9.59 Å². The lowest BCUT2D eigenvalue weighted by atomic mass is 9.98. The molecule has 4 rings (SSSR count). The van der Waals surface area contributed by atoms with Gasteiger partial charge in [-0.2, -0.15) is 4.98 Å². The zero-order chi connectivity index (χ0) is 22.7. The summed E-state index contributed by atoms with van der Waals surface area (Å²) >= 11 is 0. The van der Waals surface area contributed by atoms with Crippen LogP contribution in [-0.4, -0.2) is 46.1 Å². The van der Waals surface area contributed by atoms with E-state index in [1.54, 1.807) is 30.4 Å². The molecule has 1 aliphatic carbocycles. The van der Waals surface area contributed by atoms with E-state index in [0.29, 0.717) is 30.0 Å². The molecule has 1 atom stereocenters. The highest BCUT2D eigenvalue weighted by atomic mass is 19.1. The molecule has 0 saturated carbocycles. The van der Waals surface area contributed by atoms with Gasteiger partial charge in [-0.25, -0.2) is 14.4 Å². The van der Waals surface area contributed by atoms with E-state index in [4.69, 9.17) is 4.74 Å². The number of rotatable bonds is 4. The molecule has 0 spiro atoms. The van der Waals surface area contributed by atoms with E-state index in [-0.39, 0.29) is 29.5 Å². The summed E-state index contributed by atoms with van der Waals surface area (Å²) in [5, 5.41) is 15.4. The van der Waals surface area contributed by atoms with Crippen molar-refractivity contribution in [3.05, 3.63) is 59.6 Å². The average Bonchev–Trinajstić information content (AvgIpc) is 2.79. The molecule has 1 aliphatic heterocycles. The number of aliphatic hydroxyl groups is 1. The molecular formula is C22H20FN5O4. The highest BCUT2D eigenvalue weighted by Gasteiger charge is 2.21. The first-order chi connectivity index (χ1) is 15.4. The van der Waals surface area contributed by atoms with E-state index in [0.717, 1.165) is 6.20 Å². The van der Waals surface area contributed by atoms with Gasteiger partial charge < -0.3 is 20.5 Å². The molecule has 2 heterocycles. The second kappa shape index (κ2) is 9.06. The molecule has 0 radical (unpaired) electrons. The molecule has 32 heavy (non-hydrogen) atoms. The van der Waals surface area contributed by atoms with Crippen LogP contribution in [0.1, 0.15) is 24.5 Å². The Hall–Kier alpha value is -3.92. The maximum absolute atomic E-state index is 14.3.